The van der Waals surface area contributed by atoms with E-state index in [9.17, 15) is 0 Å². The number of hydrogen-bond acceptors (Lipinski definition) is 3. The van der Waals surface area contributed by atoms with Crippen molar-refractivity contribution in [1.82, 2.24) is 4.31 Å². The summed E-state index contributed by atoms with van der Waals surface area (Å²) in [6.45, 7) is 2.53. The van der Waals surface area contributed by atoms with E-state index in [1.165, 1.54) is 0 Å². The first-order chi connectivity index (χ1) is 6.74. The van der Waals surface area contributed by atoms with Gasteiger partial charge in [-0.3, -0.25) is 4.31 Å². The Morgan fingerprint density at radius 3 is 2.64 bits per heavy atom. The lowest BCUT2D eigenvalue weighted by Crippen LogP contribution is -2.20. The van der Waals surface area contributed by atoms with Crippen LogP contribution in [0.15, 0.2) is 35.2 Å². The van der Waals surface area contributed by atoms with Crippen LogP contribution < -0.4 is 0 Å². The fourth-order valence-electron chi connectivity index (χ4n) is 0.891. The molecule has 0 N–H and O–H groups in total. The smallest absolute Gasteiger partial charge is 0.269 e. The van der Waals surface area contributed by atoms with Crippen molar-refractivity contribution < 1.29 is 4.74 Å². The molecule has 0 aliphatic rings. The third-order valence-electron chi connectivity index (χ3n) is 1.51. The molecule has 0 radical (unpaired) electrons. The molecule has 1 aromatic carbocycles. The maximum atomic E-state index is 5.21. The van der Waals surface area contributed by atoms with E-state index in [0.717, 1.165) is 4.90 Å². The fraction of sp³-hybridized carbons (Fsp3) is 0.300. The minimum Gasteiger partial charge on any atom is -0.471 e. The van der Waals surface area contributed by atoms with Gasteiger partial charge in [0, 0.05) is 11.9 Å². The Kier molecular flexibility index (Phi) is 4.76. The Balaban J connectivity index is 2.49. The molecular formula is C10H13NOS2. The zero-order valence-corrected chi connectivity index (χ0v) is 9.90. The summed E-state index contributed by atoms with van der Waals surface area (Å²) in [5.41, 5.74) is 0. The molecule has 14 heavy (non-hydrogen) atoms. The van der Waals surface area contributed by atoms with Gasteiger partial charge in [-0.05, 0) is 43.2 Å². The van der Waals surface area contributed by atoms with E-state index >= 15 is 0 Å². The molecule has 0 bridgehead atoms. The van der Waals surface area contributed by atoms with E-state index in [0.29, 0.717) is 11.8 Å². The topological polar surface area (TPSA) is 12.5 Å². The summed E-state index contributed by atoms with van der Waals surface area (Å²) < 4.78 is 7.05. The molecule has 1 aromatic rings. The zero-order valence-electron chi connectivity index (χ0n) is 8.27. The first-order valence-electron chi connectivity index (χ1n) is 4.37. The van der Waals surface area contributed by atoms with E-state index in [1.807, 2.05) is 48.6 Å². The standard InChI is InChI=1S/C10H13NOS2/c1-3-12-10(13)11(2)14-9-7-5-4-6-8-9/h4-8H,3H2,1-2H3. The summed E-state index contributed by atoms with van der Waals surface area (Å²) in [4.78, 5) is 1.15. The highest BCUT2D eigenvalue weighted by atomic mass is 32.2. The minimum atomic E-state index is 0.515. The molecule has 0 saturated heterocycles. The molecular weight excluding hydrogens is 214 g/mol. The van der Waals surface area contributed by atoms with Gasteiger partial charge < -0.3 is 4.74 Å². The lowest BCUT2D eigenvalue weighted by atomic mass is 10.4. The van der Waals surface area contributed by atoms with Crippen molar-refractivity contribution in [3.63, 3.8) is 0 Å². The molecule has 0 heterocycles. The molecule has 0 aliphatic heterocycles. The van der Waals surface area contributed by atoms with Gasteiger partial charge in [0.15, 0.2) is 0 Å². The van der Waals surface area contributed by atoms with Crippen molar-refractivity contribution in [2.24, 2.45) is 0 Å². The molecule has 76 valence electrons. The Morgan fingerprint density at radius 2 is 2.07 bits per heavy atom. The second kappa shape index (κ2) is 5.88. The molecule has 0 saturated carbocycles. The number of thiocarbonyl (C=S) groups is 1. The molecule has 2 nitrogen and oxygen atoms in total. The number of rotatable bonds is 3. The first-order valence-corrected chi connectivity index (χ1v) is 5.55. The first kappa shape index (κ1) is 11.3. The lowest BCUT2D eigenvalue weighted by Gasteiger charge is -2.17. The van der Waals surface area contributed by atoms with E-state index in [-0.39, 0.29) is 0 Å². The predicted octanol–water partition coefficient (Wildman–Crippen LogP) is 2.95. The van der Waals surface area contributed by atoms with E-state index in [1.54, 1.807) is 11.9 Å². The Labute approximate surface area is 94.4 Å². The number of nitrogens with zero attached hydrogens (tertiary/aromatic N) is 1. The summed E-state index contributed by atoms with van der Waals surface area (Å²) in [6, 6.07) is 10.1. The maximum Gasteiger partial charge on any atom is 0.269 e. The molecule has 0 amide bonds. The molecule has 0 spiro atoms. The van der Waals surface area contributed by atoms with Crippen molar-refractivity contribution >= 4 is 29.3 Å². The van der Waals surface area contributed by atoms with Gasteiger partial charge in [-0.15, -0.1) is 0 Å². The molecule has 0 aromatic heterocycles. The summed E-state index contributed by atoms with van der Waals surface area (Å²) in [6.07, 6.45) is 0. The molecule has 0 atom stereocenters. The molecule has 0 unspecified atom stereocenters. The van der Waals surface area contributed by atoms with Crippen molar-refractivity contribution in [3.8, 4) is 0 Å². The summed E-state index contributed by atoms with van der Waals surface area (Å²) in [5, 5.41) is 0.515. The highest BCUT2D eigenvalue weighted by Crippen LogP contribution is 2.20. The minimum absolute atomic E-state index is 0.515. The second-order valence-corrected chi connectivity index (χ2v) is 4.15. The van der Waals surface area contributed by atoms with Crippen molar-refractivity contribution in [2.75, 3.05) is 13.7 Å². The van der Waals surface area contributed by atoms with Crippen molar-refractivity contribution in [3.05, 3.63) is 30.3 Å². The SMILES string of the molecule is CCOC(=S)N(C)Sc1ccccc1. The fourth-order valence-corrected chi connectivity index (χ4v) is 1.84. The summed E-state index contributed by atoms with van der Waals surface area (Å²) >= 11 is 6.62. The van der Waals surface area contributed by atoms with Gasteiger partial charge in [0.25, 0.3) is 5.17 Å². The largest absolute Gasteiger partial charge is 0.471 e. The quantitative estimate of drug-likeness (QED) is 0.581. The number of ether oxygens (including phenoxy) is 1. The van der Waals surface area contributed by atoms with Crippen LogP contribution in [0.2, 0.25) is 0 Å². The molecule has 4 heteroatoms. The van der Waals surface area contributed by atoms with Gasteiger partial charge >= 0.3 is 0 Å². The van der Waals surface area contributed by atoms with E-state index < -0.39 is 0 Å². The van der Waals surface area contributed by atoms with Crippen LogP contribution in [-0.4, -0.2) is 23.1 Å². The van der Waals surface area contributed by atoms with Crippen molar-refractivity contribution in [1.29, 1.82) is 0 Å². The summed E-state index contributed by atoms with van der Waals surface area (Å²) in [5.74, 6) is 0. The average molecular weight is 227 g/mol. The van der Waals surface area contributed by atoms with Gasteiger partial charge in [-0.2, -0.15) is 0 Å². The van der Waals surface area contributed by atoms with Gasteiger partial charge in [0.05, 0.1) is 6.61 Å². The number of hydrogen-bond donors (Lipinski definition) is 0. The van der Waals surface area contributed by atoms with Crippen LogP contribution in [0.4, 0.5) is 0 Å². The van der Waals surface area contributed by atoms with Crippen LogP contribution in [0, 0.1) is 0 Å². The Hall–Kier alpha value is -0.740. The van der Waals surface area contributed by atoms with Crippen LogP contribution in [0.3, 0.4) is 0 Å². The van der Waals surface area contributed by atoms with Gasteiger partial charge in [-0.1, -0.05) is 18.2 Å². The second-order valence-electron chi connectivity index (χ2n) is 2.60. The highest BCUT2D eigenvalue weighted by molar-refractivity contribution is 7.98. The van der Waals surface area contributed by atoms with Gasteiger partial charge in [0.2, 0.25) is 0 Å². The zero-order chi connectivity index (χ0) is 10.4. The predicted molar refractivity (Wildman–Crippen MR) is 64.3 cm³/mol. The highest BCUT2D eigenvalue weighted by Gasteiger charge is 2.05. The van der Waals surface area contributed by atoms with Crippen LogP contribution in [0.25, 0.3) is 0 Å². The normalized spacial score (nSPS) is 9.57. The Bertz CT molecular complexity index is 289. The van der Waals surface area contributed by atoms with Crippen LogP contribution in [-0.2, 0) is 4.74 Å². The van der Waals surface area contributed by atoms with Crippen LogP contribution >= 0.6 is 24.2 Å². The molecule has 0 aliphatic carbocycles. The Morgan fingerprint density at radius 1 is 1.43 bits per heavy atom. The molecule has 1 rings (SSSR count). The van der Waals surface area contributed by atoms with Gasteiger partial charge in [-0.25, -0.2) is 0 Å². The van der Waals surface area contributed by atoms with E-state index in [2.05, 4.69) is 0 Å². The van der Waals surface area contributed by atoms with Crippen LogP contribution in [0.1, 0.15) is 6.92 Å². The molecule has 0 fully saturated rings. The third-order valence-corrected chi connectivity index (χ3v) is 2.94. The average Bonchev–Trinajstić information content (AvgIpc) is 2.19. The number of benzene rings is 1. The van der Waals surface area contributed by atoms with Gasteiger partial charge in [0.1, 0.15) is 0 Å². The van der Waals surface area contributed by atoms with E-state index in [4.69, 9.17) is 17.0 Å². The third kappa shape index (κ3) is 3.55. The van der Waals surface area contributed by atoms with Crippen LogP contribution in [0.5, 0.6) is 0 Å². The maximum absolute atomic E-state index is 5.21. The summed E-state index contributed by atoms with van der Waals surface area (Å²) in [7, 11) is 1.90. The monoisotopic (exact) mass is 227 g/mol. The lowest BCUT2D eigenvalue weighted by molar-refractivity contribution is 0.307. The van der Waals surface area contributed by atoms with Crippen molar-refractivity contribution in [2.45, 2.75) is 11.8 Å².